The zero-order valence-electron chi connectivity index (χ0n) is 15.5. The van der Waals surface area contributed by atoms with Crippen molar-refractivity contribution in [1.29, 1.82) is 0 Å². The number of carbonyl (C=O) groups is 1. The summed E-state index contributed by atoms with van der Waals surface area (Å²) in [5.41, 5.74) is 2.46. The van der Waals surface area contributed by atoms with Gasteiger partial charge in [0.15, 0.2) is 0 Å². The Kier molecular flexibility index (Phi) is 4.77. The van der Waals surface area contributed by atoms with Crippen LogP contribution in [0.4, 0.5) is 4.39 Å². The van der Waals surface area contributed by atoms with Crippen molar-refractivity contribution >= 4 is 5.91 Å². The van der Waals surface area contributed by atoms with E-state index < -0.39 is 5.82 Å². The van der Waals surface area contributed by atoms with Crippen LogP contribution in [0.25, 0.3) is 5.69 Å². The smallest absolute Gasteiger partial charge is 0.274 e. The Balaban J connectivity index is 1.64. The highest BCUT2D eigenvalue weighted by molar-refractivity contribution is 5.92. The SMILES string of the molecule is Cc1ccc(CN(C(=O)c2ccc(=O)n(-c3ccc(F)cc3)n2)C2CC2)cc1. The van der Waals surface area contributed by atoms with Gasteiger partial charge in [-0.25, -0.2) is 4.39 Å². The molecule has 1 aliphatic carbocycles. The van der Waals surface area contributed by atoms with Crippen LogP contribution < -0.4 is 5.56 Å². The summed E-state index contributed by atoms with van der Waals surface area (Å²) in [5, 5.41) is 4.25. The highest BCUT2D eigenvalue weighted by atomic mass is 19.1. The molecule has 1 fully saturated rings. The van der Waals surface area contributed by atoms with Crippen LogP contribution in [0.3, 0.4) is 0 Å². The first-order valence-corrected chi connectivity index (χ1v) is 9.24. The largest absolute Gasteiger partial charge is 0.330 e. The maximum absolute atomic E-state index is 13.2. The van der Waals surface area contributed by atoms with E-state index in [0.29, 0.717) is 12.2 Å². The minimum Gasteiger partial charge on any atom is -0.330 e. The maximum atomic E-state index is 13.2. The molecule has 1 aliphatic rings. The van der Waals surface area contributed by atoms with Gasteiger partial charge < -0.3 is 4.90 Å². The number of carbonyl (C=O) groups excluding carboxylic acids is 1. The summed E-state index contributed by atoms with van der Waals surface area (Å²) in [6.07, 6.45) is 1.93. The molecule has 1 heterocycles. The van der Waals surface area contributed by atoms with Crippen molar-refractivity contribution in [1.82, 2.24) is 14.7 Å². The number of aromatic nitrogens is 2. The van der Waals surface area contributed by atoms with E-state index in [1.54, 1.807) is 0 Å². The van der Waals surface area contributed by atoms with Gasteiger partial charge in [-0.3, -0.25) is 9.59 Å². The molecule has 4 rings (SSSR count). The second-order valence-electron chi connectivity index (χ2n) is 7.09. The average molecular weight is 377 g/mol. The van der Waals surface area contributed by atoms with Crippen LogP contribution >= 0.6 is 0 Å². The van der Waals surface area contributed by atoms with Gasteiger partial charge in [-0.05, 0) is 55.7 Å². The number of hydrogen-bond donors (Lipinski definition) is 0. The molecule has 0 N–H and O–H groups in total. The minimum atomic E-state index is -0.401. The van der Waals surface area contributed by atoms with Gasteiger partial charge in [0.25, 0.3) is 11.5 Å². The van der Waals surface area contributed by atoms with Gasteiger partial charge in [0.05, 0.1) is 5.69 Å². The van der Waals surface area contributed by atoms with E-state index in [0.717, 1.165) is 23.1 Å². The molecule has 0 aliphatic heterocycles. The first-order valence-electron chi connectivity index (χ1n) is 9.24. The Morgan fingerprint density at radius 3 is 2.39 bits per heavy atom. The van der Waals surface area contributed by atoms with Crippen LogP contribution in [0.2, 0.25) is 0 Å². The first-order chi connectivity index (χ1) is 13.5. The molecule has 1 saturated carbocycles. The van der Waals surface area contributed by atoms with E-state index in [9.17, 15) is 14.0 Å². The van der Waals surface area contributed by atoms with Crippen LogP contribution in [0.15, 0.2) is 65.5 Å². The molecule has 1 aromatic heterocycles. The molecule has 0 unspecified atom stereocenters. The highest BCUT2D eigenvalue weighted by Crippen LogP contribution is 2.29. The number of halogens is 1. The van der Waals surface area contributed by atoms with Crippen molar-refractivity contribution in [3.63, 3.8) is 0 Å². The molecular formula is C22H20FN3O2. The molecular weight excluding hydrogens is 357 g/mol. The van der Waals surface area contributed by atoms with Gasteiger partial charge in [0.2, 0.25) is 0 Å². The molecule has 0 spiro atoms. The monoisotopic (exact) mass is 377 g/mol. The number of aryl methyl sites for hydroxylation is 1. The molecule has 0 saturated heterocycles. The van der Waals surface area contributed by atoms with Crippen LogP contribution in [0.5, 0.6) is 0 Å². The van der Waals surface area contributed by atoms with Gasteiger partial charge in [-0.15, -0.1) is 0 Å². The van der Waals surface area contributed by atoms with Crippen molar-refractivity contribution in [2.24, 2.45) is 0 Å². The van der Waals surface area contributed by atoms with E-state index in [-0.39, 0.29) is 23.2 Å². The predicted octanol–water partition coefficient (Wildman–Crippen LogP) is 3.48. The summed E-state index contributed by atoms with van der Waals surface area (Å²) in [4.78, 5) is 27.1. The van der Waals surface area contributed by atoms with Gasteiger partial charge in [-0.2, -0.15) is 9.78 Å². The highest BCUT2D eigenvalue weighted by Gasteiger charge is 2.33. The van der Waals surface area contributed by atoms with Crippen LogP contribution in [-0.4, -0.2) is 26.6 Å². The molecule has 3 aromatic rings. The topological polar surface area (TPSA) is 55.2 Å². The second kappa shape index (κ2) is 7.38. The quantitative estimate of drug-likeness (QED) is 0.684. The van der Waals surface area contributed by atoms with Gasteiger partial charge in [-0.1, -0.05) is 29.8 Å². The van der Waals surface area contributed by atoms with Crippen LogP contribution in [0.1, 0.15) is 34.5 Å². The molecule has 0 bridgehead atoms. The molecule has 5 nitrogen and oxygen atoms in total. The summed E-state index contributed by atoms with van der Waals surface area (Å²) in [6.45, 7) is 2.53. The molecule has 142 valence electrons. The third-order valence-electron chi connectivity index (χ3n) is 4.81. The first kappa shape index (κ1) is 18.1. The fourth-order valence-corrected chi connectivity index (χ4v) is 3.08. The Morgan fingerprint density at radius 1 is 1.07 bits per heavy atom. The number of nitrogens with zero attached hydrogens (tertiary/aromatic N) is 3. The maximum Gasteiger partial charge on any atom is 0.274 e. The van der Waals surface area contributed by atoms with E-state index >= 15 is 0 Å². The zero-order chi connectivity index (χ0) is 19.7. The minimum absolute atomic E-state index is 0.196. The van der Waals surface area contributed by atoms with E-state index in [4.69, 9.17) is 0 Å². The average Bonchev–Trinajstić information content (AvgIpc) is 3.53. The fourth-order valence-electron chi connectivity index (χ4n) is 3.08. The zero-order valence-corrected chi connectivity index (χ0v) is 15.5. The Bertz CT molecular complexity index is 1050. The summed E-state index contributed by atoms with van der Waals surface area (Å²) in [7, 11) is 0. The number of hydrogen-bond acceptors (Lipinski definition) is 3. The second-order valence-corrected chi connectivity index (χ2v) is 7.09. The van der Waals surface area contributed by atoms with Crippen molar-refractivity contribution < 1.29 is 9.18 Å². The van der Waals surface area contributed by atoms with Crippen molar-refractivity contribution in [2.45, 2.75) is 32.4 Å². The predicted molar refractivity (Wildman–Crippen MR) is 104 cm³/mol. The molecule has 2 aromatic carbocycles. The molecule has 1 amide bonds. The standard InChI is InChI=1S/C22H20FN3O2/c1-15-2-4-16(5-3-15)14-25(18-10-11-18)22(28)20-12-13-21(27)26(24-20)19-8-6-17(23)7-9-19/h2-9,12-13,18H,10-11,14H2,1H3. The summed E-state index contributed by atoms with van der Waals surface area (Å²) < 4.78 is 14.3. The lowest BCUT2D eigenvalue weighted by Gasteiger charge is -2.22. The van der Waals surface area contributed by atoms with Crippen LogP contribution in [-0.2, 0) is 6.54 Å². The van der Waals surface area contributed by atoms with Crippen molar-refractivity contribution in [3.05, 3.63) is 93.7 Å². The van der Waals surface area contributed by atoms with Gasteiger partial charge in [0.1, 0.15) is 11.5 Å². The Labute approximate surface area is 162 Å². The molecule has 0 radical (unpaired) electrons. The van der Waals surface area contributed by atoms with Crippen LogP contribution in [0, 0.1) is 12.7 Å². The summed E-state index contributed by atoms with van der Waals surface area (Å²) in [5.74, 6) is -0.610. The molecule has 6 heteroatoms. The normalized spacial score (nSPS) is 13.4. The van der Waals surface area contributed by atoms with Gasteiger partial charge >= 0.3 is 0 Å². The number of benzene rings is 2. The summed E-state index contributed by atoms with van der Waals surface area (Å²) in [6, 6.07) is 16.5. The summed E-state index contributed by atoms with van der Waals surface area (Å²) >= 11 is 0. The fraction of sp³-hybridized carbons (Fsp3) is 0.227. The lowest BCUT2D eigenvalue weighted by molar-refractivity contribution is 0.0722. The Hall–Kier alpha value is -3.28. The number of amides is 1. The van der Waals surface area contributed by atoms with Crippen molar-refractivity contribution in [2.75, 3.05) is 0 Å². The third kappa shape index (κ3) is 3.86. The van der Waals surface area contributed by atoms with Gasteiger partial charge in [0, 0.05) is 18.7 Å². The van der Waals surface area contributed by atoms with E-state index in [2.05, 4.69) is 5.10 Å². The number of rotatable bonds is 5. The Morgan fingerprint density at radius 2 is 1.75 bits per heavy atom. The third-order valence-corrected chi connectivity index (χ3v) is 4.81. The van der Waals surface area contributed by atoms with E-state index in [1.165, 1.54) is 42.0 Å². The molecule has 28 heavy (non-hydrogen) atoms. The van der Waals surface area contributed by atoms with Crippen molar-refractivity contribution in [3.8, 4) is 5.69 Å². The van der Waals surface area contributed by atoms with E-state index in [1.807, 2.05) is 36.1 Å². The molecule has 0 atom stereocenters. The lowest BCUT2D eigenvalue weighted by Crippen LogP contribution is -2.35. The lowest BCUT2D eigenvalue weighted by atomic mass is 10.1.